The lowest BCUT2D eigenvalue weighted by atomic mass is 10.2. The van der Waals surface area contributed by atoms with Crippen LogP contribution < -0.4 is 5.01 Å². The fourth-order valence-corrected chi connectivity index (χ4v) is 2.51. The zero-order valence-electron chi connectivity index (χ0n) is 12.7. The van der Waals surface area contributed by atoms with Crippen molar-refractivity contribution in [2.24, 2.45) is 5.10 Å². The number of aromatic nitrogens is 2. The summed E-state index contributed by atoms with van der Waals surface area (Å²) in [5.74, 6) is 0.209. The molecule has 0 bridgehead atoms. The lowest BCUT2D eigenvalue weighted by molar-refractivity contribution is -0.137. The van der Waals surface area contributed by atoms with Crippen LogP contribution in [0.1, 0.15) is 12.0 Å². The van der Waals surface area contributed by atoms with Gasteiger partial charge in [0.1, 0.15) is 5.52 Å². The highest BCUT2D eigenvalue weighted by Gasteiger charge is 2.31. The molecule has 0 aliphatic carbocycles. The van der Waals surface area contributed by atoms with Gasteiger partial charge in [-0.2, -0.15) is 18.3 Å². The molecule has 1 aromatic carbocycles. The van der Waals surface area contributed by atoms with E-state index in [4.69, 9.17) is 4.42 Å². The van der Waals surface area contributed by atoms with Crippen LogP contribution in [0.3, 0.4) is 0 Å². The van der Waals surface area contributed by atoms with Crippen molar-refractivity contribution in [2.45, 2.75) is 12.6 Å². The Hall–Kier alpha value is -3.16. The minimum absolute atomic E-state index is 0.144. The standard InChI is InChI=1S/C17H11F3N4O/c18-17(19,20)11-3-4-15-13(9-11)23-16(25-15)12-5-7-21-10-14(12)24-8-2-1-6-22-24/h2-10H,1H2. The molecule has 25 heavy (non-hydrogen) atoms. The van der Waals surface area contributed by atoms with E-state index in [1.54, 1.807) is 35.9 Å². The van der Waals surface area contributed by atoms with Crippen molar-refractivity contribution in [3.63, 3.8) is 0 Å². The Labute approximate surface area is 140 Å². The second-order valence-electron chi connectivity index (χ2n) is 5.36. The first-order chi connectivity index (χ1) is 12.0. The van der Waals surface area contributed by atoms with E-state index in [1.165, 1.54) is 6.07 Å². The Morgan fingerprint density at radius 2 is 2.04 bits per heavy atom. The van der Waals surface area contributed by atoms with Gasteiger partial charge in [0.15, 0.2) is 5.58 Å². The van der Waals surface area contributed by atoms with Crippen LogP contribution >= 0.6 is 0 Å². The first-order valence-electron chi connectivity index (χ1n) is 7.43. The maximum absolute atomic E-state index is 12.9. The fourth-order valence-electron chi connectivity index (χ4n) is 2.51. The lowest BCUT2D eigenvalue weighted by Crippen LogP contribution is -2.11. The molecule has 3 aromatic rings. The number of allylic oxidation sites excluding steroid dienone is 1. The molecule has 0 saturated carbocycles. The van der Waals surface area contributed by atoms with Gasteiger partial charge in [-0.3, -0.25) is 4.98 Å². The number of oxazole rings is 1. The summed E-state index contributed by atoms with van der Waals surface area (Å²) in [6.45, 7) is 0. The maximum atomic E-state index is 12.9. The van der Waals surface area contributed by atoms with Crippen molar-refractivity contribution >= 4 is 23.0 Å². The van der Waals surface area contributed by atoms with Crippen molar-refractivity contribution < 1.29 is 17.6 Å². The van der Waals surface area contributed by atoms with Crippen LogP contribution in [0, 0.1) is 0 Å². The number of halogens is 3. The van der Waals surface area contributed by atoms with Crippen molar-refractivity contribution in [3.05, 3.63) is 54.5 Å². The molecule has 3 heterocycles. The summed E-state index contributed by atoms with van der Waals surface area (Å²) in [5, 5.41) is 5.86. The number of alkyl halides is 3. The van der Waals surface area contributed by atoms with Gasteiger partial charge in [-0.05, 0) is 24.3 Å². The predicted molar refractivity (Wildman–Crippen MR) is 87.0 cm³/mol. The van der Waals surface area contributed by atoms with Crippen LogP contribution in [-0.2, 0) is 6.18 Å². The van der Waals surface area contributed by atoms with Gasteiger partial charge in [0.2, 0.25) is 5.89 Å². The number of benzene rings is 1. The molecule has 0 saturated heterocycles. The number of nitrogens with zero attached hydrogens (tertiary/aromatic N) is 4. The topological polar surface area (TPSA) is 54.5 Å². The monoisotopic (exact) mass is 344 g/mol. The fraction of sp³-hybridized carbons (Fsp3) is 0.118. The zero-order chi connectivity index (χ0) is 17.4. The van der Waals surface area contributed by atoms with E-state index in [0.717, 1.165) is 18.6 Å². The first-order valence-corrected chi connectivity index (χ1v) is 7.43. The number of rotatable bonds is 2. The SMILES string of the molecule is FC(F)(F)c1ccc2oc(-c3ccncc3N3C=CCC=N3)nc2c1. The van der Waals surface area contributed by atoms with E-state index in [1.807, 2.05) is 6.08 Å². The van der Waals surface area contributed by atoms with Crippen LogP contribution in [0.4, 0.5) is 18.9 Å². The van der Waals surface area contributed by atoms with Crippen molar-refractivity contribution in [1.29, 1.82) is 0 Å². The lowest BCUT2D eigenvalue weighted by Gasteiger charge is -2.18. The van der Waals surface area contributed by atoms with Gasteiger partial charge < -0.3 is 4.42 Å². The number of hydrogen-bond acceptors (Lipinski definition) is 5. The maximum Gasteiger partial charge on any atom is 0.416 e. The Morgan fingerprint density at radius 1 is 1.16 bits per heavy atom. The average Bonchev–Trinajstić information content (AvgIpc) is 3.05. The number of fused-ring (bicyclic) bond motifs is 1. The van der Waals surface area contributed by atoms with E-state index < -0.39 is 11.7 Å². The molecule has 4 rings (SSSR count). The molecule has 0 spiro atoms. The highest BCUT2D eigenvalue weighted by molar-refractivity contribution is 5.81. The summed E-state index contributed by atoms with van der Waals surface area (Å²) in [4.78, 5) is 8.29. The summed E-state index contributed by atoms with van der Waals surface area (Å²) >= 11 is 0. The van der Waals surface area contributed by atoms with Crippen molar-refractivity contribution in [3.8, 4) is 11.5 Å². The van der Waals surface area contributed by atoms with Gasteiger partial charge in [-0.25, -0.2) is 9.99 Å². The molecule has 0 atom stereocenters. The van der Waals surface area contributed by atoms with E-state index in [9.17, 15) is 13.2 Å². The molecular formula is C17H11F3N4O. The molecule has 0 fully saturated rings. The van der Waals surface area contributed by atoms with Crippen LogP contribution in [0.2, 0.25) is 0 Å². The summed E-state index contributed by atoms with van der Waals surface area (Å²) in [6, 6.07) is 4.90. The third-order valence-electron chi connectivity index (χ3n) is 3.69. The largest absolute Gasteiger partial charge is 0.436 e. The normalized spacial score (nSPS) is 14.4. The van der Waals surface area contributed by atoms with Gasteiger partial charge in [0, 0.05) is 25.0 Å². The number of hydrazone groups is 1. The van der Waals surface area contributed by atoms with Crippen molar-refractivity contribution in [1.82, 2.24) is 9.97 Å². The Morgan fingerprint density at radius 3 is 2.80 bits per heavy atom. The summed E-state index contributed by atoms with van der Waals surface area (Å²) < 4.78 is 44.2. The third-order valence-corrected chi connectivity index (χ3v) is 3.69. The van der Waals surface area contributed by atoms with Gasteiger partial charge in [-0.15, -0.1) is 0 Å². The van der Waals surface area contributed by atoms with Crippen LogP contribution in [0.25, 0.3) is 22.6 Å². The molecule has 0 unspecified atom stereocenters. The second-order valence-corrected chi connectivity index (χ2v) is 5.36. The molecule has 126 valence electrons. The molecule has 1 aliphatic rings. The Bertz CT molecular complexity index is 979. The molecule has 0 amide bonds. The van der Waals surface area contributed by atoms with E-state index >= 15 is 0 Å². The highest BCUT2D eigenvalue weighted by Crippen LogP contribution is 2.35. The van der Waals surface area contributed by atoms with E-state index in [0.29, 0.717) is 11.3 Å². The van der Waals surface area contributed by atoms with Gasteiger partial charge in [0.25, 0.3) is 0 Å². The van der Waals surface area contributed by atoms with Crippen LogP contribution in [-0.4, -0.2) is 16.2 Å². The quantitative estimate of drug-likeness (QED) is 0.681. The van der Waals surface area contributed by atoms with Crippen LogP contribution in [0.5, 0.6) is 0 Å². The molecule has 2 aromatic heterocycles. The third kappa shape index (κ3) is 2.86. The molecule has 0 radical (unpaired) electrons. The molecule has 0 N–H and O–H groups in total. The van der Waals surface area contributed by atoms with Gasteiger partial charge in [0.05, 0.1) is 23.0 Å². The minimum atomic E-state index is -4.43. The summed E-state index contributed by atoms with van der Waals surface area (Å²) in [7, 11) is 0. The van der Waals surface area contributed by atoms with Gasteiger partial charge in [-0.1, -0.05) is 6.08 Å². The van der Waals surface area contributed by atoms with Crippen LogP contribution in [0.15, 0.2) is 58.5 Å². The van der Waals surface area contributed by atoms with Gasteiger partial charge >= 0.3 is 6.18 Å². The molecule has 1 aliphatic heterocycles. The number of pyridine rings is 1. The molecule has 5 nitrogen and oxygen atoms in total. The second kappa shape index (κ2) is 5.73. The van der Waals surface area contributed by atoms with Crippen molar-refractivity contribution in [2.75, 3.05) is 5.01 Å². The van der Waals surface area contributed by atoms with E-state index in [-0.39, 0.29) is 17.0 Å². The predicted octanol–water partition coefficient (Wildman–Crippen LogP) is 4.62. The molecular weight excluding hydrogens is 333 g/mol. The first kappa shape index (κ1) is 15.4. The Balaban J connectivity index is 1.81. The summed E-state index contributed by atoms with van der Waals surface area (Å²) in [6.07, 6.45) is 4.90. The molecule has 8 heteroatoms. The number of anilines is 1. The Kier molecular flexibility index (Phi) is 3.52. The zero-order valence-corrected chi connectivity index (χ0v) is 12.7. The average molecular weight is 344 g/mol. The highest BCUT2D eigenvalue weighted by atomic mass is 19.4. The summed E-state index contributed by atoms with van der Waals surface area (Å²) in [5.41, 5.74) is 0.868. The minimum Gasteiger partial charge on any atom is -0.436 e. The number of hydrogen-bond donors (Lipinski definition) is 0. The van der Waals surface area contributed by atoms with E-state index in [2.05, 4.69) is 15.1 Å². The smallest absolute Gasteiger partial charge is 0.416 e.